The summed E-state index contributed by atoms with van der Waals surface area (Å²) < 4.78 is 5.44. The zero-order valence-electron chi connectivity index (χ0n) is 11.1. The molecule has 0 aliphatic rings. The highest BCUT2D eigenvalue weighted by atomic mass is 79.9. The summed E-state index contributed by atoms with van der Waals surface area (Å²) in [5.74, 6) is -1.55. The van der Waals surface area contributed by atoms with Crippen LogP contribution in [0.1, 0.15) is 20.7 Å². The van der Waals surface area contributed by atoms with Crippen LogP contribution in [0.3, 0.4) is 0 Å². The molecule has 2 aromatic rings. The minimum Gasteiger partial charge on any atom is -0.478 e. The van der Waals surface area contributed by atoms with Crippen LogP contribution in [0.15, 0.2) is 46.9 Å². The molecule has 21 heavy (non-hydrogen) atoms. The van der Waals surface area contributed by atoms with E-state index in [4.69, 9.17) is 4.74 Å². The number of halogens is 1. The highest BCUT2D eigenvalue weighted by Crippen LogP contribution is 2.27. The Morgan fingerprint density at radius 2 is 1.81 bits per heavy atom. The zero-order chi connectivity index (χ0) is 15.4. The Morgan fingerprint density at radius 3 is 2.48 bits per heavy atom. The third-order valence-corrected chi connectivity index (χ3v) is 3.31. The van der Waals surface area contributed by atoms with Crippen molar-refractivity contribution in [2.75, 3.05) is 12.4 Å². The number of carbonyl (C=O) groups is 2. The van der Waals surface area contributed by atoms with Gasteiger partial charge in [0.25, 0.3) is 0 Å². The van der Waals surface area contributed by atoms with Gasteiger partial charge in [0.1, 0.15) is 0 Å². The number of para-hydroxylation sites is 1. The molecule has 0 saturated heterocycles. The molecule has 0 spiro atoms. The van der Waals surface area contributed by atoms with Crippen LogP contribution in [-0.4, -0.2) is 24.2 Å². The topological polar surface area (TPSA) is 75.6 Å². The van der Waals surface area contributed by atoms with Gasteiger partial charge in [0.05, 0.1) is 29.6 Å². The lowest BCUT2D eigenvalue weighted by Gasteiger charge is -2.13. The van der Waals surface area contributed by atoms with Crippen molar-refractivity contribution in [2.45, 2.75) is 0 Å². The van der Waals surface area contributed by atoms with E-state index in [9.17, 15) is 14.7 Å². The molecule has 0 atom stereocenters. The third-order valence-electron chi connectivity index (χ3n) is 2.81. The van der Waals surface area contributed by atoms with Gasteiger partial charge in [0, 0.05) is 4.47 Å². The van der Waals surface area contributed by atoms with Crippen LogP contribution in [-0.2, 0) is 4.74 Å². The van der Waals surface area contributed by atoms with E-state index >= 15 is 0 Å². The molecule has 0 amide bonds. The van der Waals surface area contributed by atoms with Crippen LogP contribution in [0, 0.1) is 0 Å². The number of nitrogens with one attached hydrogen (secondary N) is 1. The Kier molecular flexibility index (Phi) is 4.59. The Balaban J connectivity index is 2.46. The second kappa shape index (κ2) is 6.41. The van der Waals surface area contributed by atoms with E-state index in [0.717, 1.165) is 4.47 Å². The lowest BCUT2D eigenvalue weighted by atomic mass is 10.1. The van der Waals surface area contributed by atoms with Gasteiger partial charge < -0.3 is 15.2 Å². The third kappa shape index (κ3) is 3.41. The number of carbonyl (C=O) groups excluding carboxylic acids is 1. The second-order valence-corrected chi connectivity index (χ2v) is 5.07. The molecular formula is C15H12BrNO4. The molecule has 0 fully saturated rings. The summed E-state index contributed by atoms with van der Waals surface area (Å²) >= 11 is 3.30. The molecule has 0 bridgehead atoms. The fraction of sp³-hybridized carbons (Fsp3) is 0.0667. The van der Waals surface area contributed by atoms with Gasteiger partial charge in [0.15, 0.2) is 0 Å². The number of benzene rings is 2. The van der Waals surface area contributed by atoms with Crippen molar-refractivity contribution in [2.24, 2.45) is 0 Å². The summed E-state index contributed by atoms with van der Waals surface area (Å²) in [6, 6.07) is 11.5. The van der Waals surface area contributed by atoms with E-state index in [-0.39, 0.29) is 5.56 Å². The molecule has 0 aliphatic carbocycles. The number of esters is 1. The summed E-state index contributed by atoms with van der Waals surface area (Å²) in [7, 11) is 1.29. The molecule has 2 N–H and O–H groups in total. The fourth-order valence-corrected chi connectivity index (χ4v) is 2.19. The Hall–Kier alpha value is -2.34. The molecule has 108 valence electrons. The molecule has 0 radical (unpaired) electrons. The van der Waals surface area contributed by atoms with Gasteiger partial charge in [-0.2, -0.15) is 0 Å². The van der Waals surface area contributed by atoms with E-state index in [0.29, 0.717) is 16.9 Å². The van der Waals surface area contributed by atoms with Crippen molar-refractivity contribution < 1.29 is 19.4 Å². The van der Waals surface area contributed by atoms with Gasteiger partial charge >= 0.3 is 11.9 Å². The molecule has 0 aromatic heterocycles. The molecule has 5 nitrogen and oxygen atoms in total. The molecule has 2 aromatic carbocycles. The number of ether oxygens (including phenoxy) is 1. The minimum atomic E-state index is -1.06. The largest absolute Gasteiger partial charge is 0.478 e. The van der Waals surface area contributed by atoms with Crippen molar-refractivity contribution in [1.82, 2.24) is 0 Å². The highest BCUT2D eigenvalue weighted by molar-refractivity contribution is 9.10. The number of rotatable bonds is 4. The number of hydrogen-bond acceptors (Lipinski definition) is 4. The maximum Gasteiger partial charge on any atom is 0.339 e. The van der Waals surface area contributed by atoms with Crippen molar-refractivity contribution in [3.05, 3.63) is 58.1 Å². The summed E-state index contributed by atoms with van der Waals surface area (Å²) in [6.07, 6.45) is 0. The Labute approximate surface area is 129 Å². The summed E-state index contributed by atoms with van der Waals surface area (Å²) in [6.45, 7) is 0. The van der Waals surface area contributed by atoms with Crippen molar-refractivity contribution >= 4 is 39.2 Å². The van der Waals surface area contributed by atoms with E-state index in [1.54, 1.807) is 36.4 Å². The molecule has 0 aliphatic heterocycles. The van der Waals surface area contributed by atoms with Gasteiger partial charge in [-0.25, -0.2) is 9.59 Å². The van der Waals surface area contributed by atoms with E-state index in [2.05, 4.69) is 21.2 Å². The average Bonchev–Trinajstić information content (AvgIpc) is 2.47. The summed E-state index contributed by atoms with van der Waals surface area (Å²) in [5.41, 5.74) is 1.30. The lowest BCUT2D eigenvalue weighted by molar-refractivity contribution is 0.0601. The first-order valence-corrected chi connectivity index (χ1v) is 6.79. The van der Waals surface area contributed by atoms with Gasteiger partial charge in [-0.1, -0.05) is 28.1 Å². The van der Waals surface area contributed by atoms with Crippen LogP contribution in [0.2, 0.25) is 0 Å². The number of carboxylic acid groups (broad SMARTS) is 1. The van der Waals surface area contributed by atoms with Crippen LogP contribution in [0.25, 0.3) is 0 Å². The predicted octanol–water partition coefficient (Wildman–Crippen LogP) is 3.68. The zero-order valence-corrected chi connectivity index (χ0v) is 12.7. The van der Waals surface area contributed by atoms with Gasteiger partial charge in [-0.15, -0.1) is 0 Å². The molecular weight excluding hydrogens is 338 g/mol. The molecule has 0 heterocycles. The predicted molar refractivity (Wildman–Crippen MR) is 82.2 cm³/mol. The van der Waals surface area contributed by atoms with Crippen molar-refractivity contribution in [3.8, 4) is 0 Å². The van der Waals surface area contributed by atoms with Gasteiger partial charge in [0.2, 0.25) is 0 Å². The maximum absolute atomic E-state index is 11.7. The fourth-order valence-electron chi connectivity index (χ4n) is 1.83. The number of anilines is 2. The summed E-state index contributed by atoms with van der Waals surface area (Å²) in [4.78, 5) is 23.0. The molecule has 0 saturated carbocycles. The standard InChI is InChI=1S/C15H12BrNO4/c1-21-15(20)11-4-2-3-5-12(11)17-13-8-9(16)6-7-10(13)14(18)19/h2-8,17H,1H3,(H,18,19). The Bertz CT molecular complexity index is 700. The normalized spacial score (nSPS) is 10.0. The molecule has 2 rings (SSSR count). The van der Waals surface area contributed by atoms with E-state index in [1.807, 2.05) is 0 Å². The first-order valence-electron chi connectivity index (χ1n) is 6.00. The summed E-state index contributed by atoms with van der Waals surface area (Å²) in [5, 5.41) is 12.2. The van der Waals surface area contributed by atoms with Crippen LogP contribution >= 0.6 is 15.9 Å². The Morgan fingerprint density at radius 1 is 1.10 bits per heavy atom. The molecule has 6 heteroatoms. The quantitative estimate of drug-likeness (QED) is 0.823. The number of hydrogen-bond donors (Lipinski definition) is 2. The smallest absolute Gasteiger partial charge is 0.339 e. The molecule has 0 unspecified atom stereocenters. The van der Waals surface area contributed by atoms with E-state index < -0.39 is 11.9 Å². The monoisotopic (exact) mass is 349 g/mol. The lowest BCUT2D eigenvalue weighted by Crippen LogP contribution is -2.08. The van der Waals surface area contributed by atoms with Crippen molar-refractivity contribution in [1.29, 1.82) is 0 Å². The van der Waals surface area contributed by atoms with Crippen LogP contribution < -0.4 is 5.32 Å². The van der Waals surface area contributed by atoms with Gasteiger partial charge in [-0.3, -0.25) is 0 Å². The highest BCUT2D eigenvalue weighted by Gasteiger charge is 2.15. The average molecular weight is 350 g/mol. The SMILES string of the molecule is COC(=O)c1ccccc1Nc1cc(Br)ccc1C(=O)O. The first-order chi connectivity index (χ1) is 10.0. The number of aromatic carboxylic acids is 1. The van der Waals surface area contributed by atoms with Crippen LogP contribution in [0.5, 0.6) is 0 Å². The number of carboxylic acids is 1. The van der Waals surface area contributed by atoms with E-state index in [1.165, 1.54) is 13.2 Å². The van der Waals surface area contributed by atoms with Crippen molar-refractivity contribution in [3.63, 3.8) is 0 Å². The second-order valence-electron chi connectivity index (χ2n) is 4.16. The van der Waals surface area contributed by atoms with Crippen LogP contribution in [0.4, 0.5) is 11.4 Å². The number of methoxy groups -OCH3 is 1. The maximum atomic E-state index is 11.7. The van der Waals surface area contributed by atoms with Gasteiger partial charge in [-0.05, 0) is 30.3 Å². The first kappa shape index (κ1) is 15.1. The minimum absolute atomic E-state index is 0.109.